The molecule has 1 aromatic rings. The summed E-state index contributed by atoms with van der Waals surface area (Å²) in [4.78, 5) is 27.1. The van der Waals surface area contributed by atoms with E-state index in [0.29, 0.717) is 0 Å². The lowest BCUT2D eigenvalue weighted by Crippen LogP contribution is -2.51. The highest BCUT2D eigenvalue weighted by Crippen LogP contribution is 2.33. The molecule has 1 heterocycles. The fraction of sp³-hybridized carbons (Fsp3) is 0.500. The highest BCUT2D eigenvalue weighted by Gasteiger charge is 2.37. The van der Waals surface area contributed by atoms with Crippen molar-refractivity contribution >= 4 is 17.7 Å². The summed E-state index contributed by atoms with van der Waals surface area (Å²) >= 11 is 0. The van der Waals surface area contributed by atoms with Crippen LogP contribution in [0.25, 0.3) is 0 Å². The predicted molar refractivity (Wildman–Crippen MR) is 83.1 cm³/mol. The maximum absolute atomic E-state index is 14.0. The van der Waals surface area contributed by atoms with Gasteiger partial charge in [0.05, 0.1) is 0 Å². The van der Waals surface area contributed by atoms with Gasteiger partial charge in [0, 0.05) is 14.1 Å². The second-order valence-corrected chi connectivity index (χ2v) is 6.40. The Balaban J connectivity index is 2.26. The van der Waals surface area contributed by atoms with Gasteiger partial charge in [0.25, 0.3) is 5.91 Å². The number of halogens is 1. The van der Waals surface area contributed by atoms with Crippen LogP contribution in [0.3, 0.4) is 0 Å². The van der Waals surface area contributed by atoms with Crippen molar-refractivity contribution in [3.8, 4) is 5.75 Å². The van der Waals surface area contributed by atoms with Crippen molar-refractivity contribution in [1.29, 1.82) is 0 Å². The lowest BCUT2D eigenvalue weighted by Gasteiger charge is -2.30. The van der Waals surface area contributed by atoms with Gasteiger partial charge in [0.1, 0.15) is 29.7 Å². The van der Waals surface area contributed by atoms with Gasteiger partial charge in [-0.3, -0.25) is 9.69 Å². The molecule has 0 unspecified atom stereocenters. The summed E-state index contributed by atoms with van der Waals surface area (Å²) < 4.78 is 24.8. The Morgan fingerprint density at radius 1 is 1.43 bits per heavy atom. The molecule has 0 aromatic heterocycles. The fourth-order valence-electron chi connectivity index (χ4n) is 2.25. The number of amides is 2. The Hall–Kier alpha value is -2.31. The zero-order valence-electron chi connectivity index (χ0n) is 13.9. The molecule has 2 amide bonds. The van der Waals surface area contributed by atoms with E-state index in [1.165, 1.54) is 36.0 Å². The molecule has 1 aromatic carbocycles. The first-order chi connectivity index (χ1) is 10.6. The average molecular weight is 324 g/mol. The van der Waals surface area contributed by atoms with E-state index in [9.17, 15) is 14.0 Å². The number of carbonyl (C=O) groups excluding carboxylic acids is 2. The molecule has 0 fully saturated rings. The molecule has 6 nitrogen and oxygen atoms in total. The highest BCUT2D eigenvalue weighted by atomic mass is 19.1. The molecule has 2 rings (SSSR count). The normalized spacial score (nSPS) is 17.9. The van der Waals surface area contributed by atoms with Crippen LogP contribution in [0.15, 0.2) is 18.2 Å². The van der Waals surface area contributed by atoms with Gasteiger partial charge in [0.15, 0.2) is 5.82 Å². The molecule has 0 aliphatic carbocycles. The monoisotopic (exact) mass is 324 g/mol. The third-order valence-electron chi connectivity index (χ3n) is 3.45. The molecule has 0 bridgehead atoms. The minimum absolute atomic E-state index is 0.0672. The van der Waals surface area contributed by atoms with Gasteiger partial charge in [-0.1, -0.05) is 6.07 Å². The number of nitrogens with zero attached hydrogens (tertiary/aromatic N) is 2. The topological polar surface area (TPSA) is 59.1 Å². The number of anilines is 1. The van der Waals surface area contributed by atoms with Gasteiger partial charge in [-0.15, -0.1) is 0 Å². The molecule has 1 aliphatic rings. The number of hydrogen-bond donors (Lipinski definition) is 0. The van der Waals surface area contributed by atoms with Crippen LogP contribution in [0.2, 0.25) is 0 Å². The summed E-state index contributed by atoms with van der Waals surface area (Å²) in [6.45, 7) is 5.14. The Labute approximate surface area is 134 Å². The van der Waals surface area contributed by atoms with Crippen molar-refractivity contribution in [2.24, 2.45) is 0 Å². The van der Waals surface area contributed by atoms with Crippen LogP contribution >= 0.6 is 0 Å². The molecule has 7 heteroatoms. The summed E-state index contributed by atoms with van der Waals surface area (Å²) in [5.41, 5.74) is -0.612. The zero-order chi connectivity index (χ0) is 17.4. The lowest BCUT2D eigenvalue weighted by molar-refractivity contribution is -0.123. The zero-order valence-corrected chi connectivity index (χ0v) is 13.9. The summed E-state index contributed by atoms with van der Waals surface area (Å²) in [6.07, 6.45) is -0.640. The first kappa shape index (κ1) is 17.1. The van der Waals surface area contributed by atoms with E-state index in [0.717, 1.165) is 0 Å². The van der Waals surface area contributed by atoms with Crippen LogP contribution in [-0.2, 0) is 9.53 Å². The van der Waals surface area contributed by atoms with Crippen molar-refractivity contribution in [3.05, 3.63) is 24.0 Å². The van der Waals surface area contributed by atoms with E-state index in [1.807, 2.05) is 0 Å². The number of rotatable bonds is 1. The minimum Gasteiger partial charge on any atom is -0.489 e. The molecular formula is C16H21FN2O4. The smallest absolute Gasteiger partial charge is 0.410 e. The predicted octanol–water partition coefficient (Wildman–Crippen LogP) is 2.42. The quantitative estimate of drug-likeness (QED) is 0.796. The Bertz CT molecular complexity index is 627. The van der Waals surface area contributed by atoms with E-state index in [4.69, 9.17) is 9.47 Å². The van der Waals surface area contributed by atoms with Crippen LogP contribution in [0.5, 0.6) is 5.75 Å². The molecule has 0 spiro atoms. The van der Waals surface area contributed by atoms with Crippen LogP contribution in [0.4, 0.5) is 14.9 Å². The Kier molecular flexibility index (Phi) is 4.49. The summed E-state index contributed by atoms with van der Waals surface area (Å²) in [6, 6.07) is 3.44. The van der Waals surface area contributed by atoms with E-state index in [-0.39, 0.29) is 18.0 Å². The summed E-state index contributed by atoms with van der Waals surface area (Å²) in [5.74, 6) is -0.734. The van der Waals surface area contributed by atoms with E-state index in [2.05, 4.69) is 0 Å². The lowest BCUT2D eigenvalue weighted by atomic mass is 10.2. The van der Waals surface area contributed by atoms with Gasteiger partial charge in [0.2, 0.25) is 0 Å². The number of fused-ring (bicyclic) bond motifs is 1. The van der Waals surface area contributed by atoms with Crippen molar-refractivity contribution in [3.63, 3.8) is 0 Å². The second-order valence-electron chi connectivity index (χ2n) is 6.40. The van der Waals surface area contributed by atoms with Gasteiger partial charge in [-0.2, -0.15) is 0 Å². The number of carbonyl (C=O) groups is 2. The fourth-order valence-corrected chi connectivity index (χ4v) is 2.25. The third-order valence-corrected chi connectivity index (χ3v) is 3.45. The summed E-state index contributed by atoms with van der Waals surface area (Å²) in [7, 11) is 2.91. The van der Waals surface area contributed by atoms with Gasteiger partial charge < -0.3 is 14.4 Å². The Morgan fingerprint density at radius 3 is 2.70 bits per heavy atom. The van der Waals surface area contributed by atoms with E-state index < -0.39 is 29.5 Å². The largest absolute Gasteiger partial charge is 0.489 e. The molecule has 126 valence electrons. The molecule has 1 aliphatic heterocycles. The first-order valence-electron chi connectivity index (χ1n) is 7.26. The average Bonchev–Trinajstić information content (AvgIpc) is 2.56. The van der Waals surface area contributed by atoms with Crippen LogP contribution < -0.4 is 9.64 Å². The molecule has 1 atom stereocenters. The number of ether oxygens (including phenoxy) is 2. The number of para-hydroxylation sites is 1. The van der Waals surface area contributed by atoms with E-state index >= 15 is 0 Å². The number of hydrogen-bond acceptors (Lipinski definition) is 4. The SMILES string of the molecule is CN1C(=O)[C@@H](N(C)C(=O)OC(C)(C)C)COc2cccc(F)c21. The molecular weight excluding hydrogens is 303 g/mol. The van der Waals surface area contributed by atoms with Crippen molar-refractivity contribution in [2.45, 2.75) is 32.4 Å². The van der Waals surface area contributed by atoms with Gasteiger partial charge in [-0.25, -0.2) is 9.18 Å². The number of benzene rings is 1. The van der Waals surface area contributed by atoms with Crippen molar-refractivity contribution < 1.29 is 23.5 Å². The molecule has 23 heavy (non-hydrogen) atoms. The van der Waals surface area contributed by atoms with Crippen LogP contribution in [0, 0.1) is 5.82 Å². The van der Waals surface area contributed by atoms with Gasteiger partial charge in [-0.05, 0) is 32.9 Å². The molecule has 0 saturated carbocycles. The van der Waals surface area contributed by atoms with Crippen molar-refractivity contribution in [1.82, 2.24) is 4.90 Å². The van der Waals surface area contributed by atoms with Crippen LogP contribution in [-0.4, -0.2) is 49.2 Å². The van der Waals surface area contributed by atoms with Gasteiger partial charge >= 0.3 is 6.09 Å². The third kappa shape index (κ3) is 3.55. The second kappa shape index (κ2) is 6.06. The Morgan fingerprint density at radius 2 is 2.09 bits per heavy atom. The molecule has 0 saturated heterocycles. The standard InChI is InChI=1S/C16H21FN2O4/c1-16(2,3)23-15(21)18(4)11-9-22-12-8-6-7-10(17)13(12)19(5)14(11)20/h6-8,11H,9H2,1-5H3/t11-/m0/s1. The maximum Gasteiger partial charge on any atom is 0.410 e. The highest BCUT2D eigenvalue weighted by molar-refractivity contribution is 6.00. The van der Waals surface area contributed by atoms with Crippen LogP contribution in [0.1, 0.15) is 20.8 Å². The number of likely N-dealkylation sites (N-methyl/N-ethyl adjacent to an activating group) is 2. The van der Waals surface area contributed by atoms with Crippen molar-refractivity contribution in [2.75, 3.05) is 25.6 Å². The summed E-state index contributed by atoms with van der Waals surface area (Å²) in [5, 5.41) is 0. The first-order valence-corrected chi connectivity index (χ1v) is 7.26. The minimum atomic E-state index is -0.901. The van der Waals surface area contributed by atoms with E-state index in [1.54, 1.807) is 26.8 Å². The maximum atomic E-state index is 14.0. The molecule has 0 radical (unpaired) electrons. The molecule has 0 N–H and O–H groups in total.